The van der Waals surface area contributed by atoms with Gasteiger partial charge in [0, 0.05) is 22.3 Å². The fourth-order valence-corrected chi connectivity index (χ4v) is 4.65. The number of aromatic nitrogens is 1. The highest BCUT2D eigenvalue weighted by molar-refractivity contribution is 9.10. The quantitative estimate of drug-likeness (QED) is 0.252. The highest BCUT2D eigenvalue weighted by Gasteiger charge is 2.46. The Morgan fingerprint density at radius 2 is 1.97 bits per heavy atom. The van der Waals surface area contributed by atoms with Crippen LogP contribution in [0.4, 0.5) is 0 Å². The molecule has 2 N–H and O–H groups in total. The molecule has 1 fully saturated rings. The number of halogens is 1. The Bertz CT molecular complexity index is 1140. The van der Waals surface area contributed by atoms with Crippen LogP contribution in [-0.4, -0.2) is 71.8 Å². The summed E-state index contributed by atoms with van der Waals surface area (Å²) in [5, 5.41) is 11.4. The van der Waals surface area contributed by atoms with E-state index >= 15 is 0 Å². The smallest absolute Gasteiger partial charge is 0.354 e. The number of carbonyl (C=O) groups is 3. The first-order chi connectivity index (χ1) is 15.6. The number of hydrogen-bond donors (Lipinski definition) is 2. The molecule has 0 saturated carbocycles. The highest BCUT2D eigenvalue weighted by atomic mass is 79.9. The minimum atomic E-state index is -0.750. The lowest BCUT2D eigenvalue weighted by Crippen LogP contribution is -2.32. The van der Waals surface area contributed by atoms with Crippen molar-refractivity contribution in [2.75, 3.05) is 34.3 Å². The van der Waals surface area contributed by atoms with Crippen molar-refractivity contribution in [3.05, 3.63) is 62.4 Å². The number of nitrogens with one attached hydrogen (secondary N) is 1. The number of Topliss-reactive ketones (excluding diaryl/α,β-unsaturated/α-hetero) is 1. The van der Waals surface area contributed by atoms with Crippen molar-refractivity contribution in [2.45, 2.75) is 26.3 Å². The van der Waals surface area contributed by atoms with E-state index in [0.29, 0.717) is 35.3 Å². The van der Waals surface area contributed by atoms with E-state index in [1.807, 2.05) is 43.3 Å². The number of aromatic amines is 1. The normalized spacial score (nSPS) is 17.8. The molecule has 0 spiro atoms. The lowest BCUT2D eigenvalue weighted by atomic mass is 9.94. The molecule has 1 aliphatic heterocycles. The van der Waals surface area contributed by atoms with E-state index in [4.69, 9.17) is 4.74 Å². The predicted molar refractivity (Wildman–Crippen MR) is 128 cm³/mol. The summed E-state index contributed by atoms with van der Waals surface area (Å²) < 4.78 is 5.60. The van der Waals surface area contributed by atoms with Gasteiger partial charge in [0.05, 0.1) is 18.7 Å². The number of ether oxygens (including phenoxy) is 1. The Morgan fingerprint density at radius 1 is 1.27 bits per heavy atom. The summed E-state index contributed by atoms with van der Waals surface area (Å²) in [6.45, 7) is 4.45. The second-order valence-electron chi connectivity index (χ2n) is 8.32. The molecular weight excluding hydrogens is 490 g/mol. The molecule has 0 radical (unpaired) electrons. The number of esters is 1. The van der Waals surface area contributed by atoms with Crippen molar-refractivity contribution in [1.82, 2.24) is 14.8 Å². The van der Waals surface area contributed by atoms with Crippen LogP contribution >= 0.6 is 15.9 Å². The van der Waals surface area contributed by atoms with Gasteiger partial charge in [0.2, 0.25) is 0 Å². The third-order valence-electron chi connectivity index (χ3n) is 5.77. The molecule has 3 rings (SSSR count). The number of aliphatic hydroxyl groups is 1. The summed E-state index contributed by atoms with van der Waals surface area (Å²) in [5.41, 5.74) is 2.16. The number of amides is 1. The summed E-state index contributed by atoms with van der Waals surface area (Å²) in [6.07, 6.45) is 0.666. The molecule has 8 nitrogen and oxygen atoms in total. The first kappa shape index (κ1) is 24.7. The van der Waals surface area contributed by atoms with Crippen LogP contribution in [-0.2, 0) is 14.3 Å². The number of nitrogens with zero attached hydrogens (tertiary/aromatic N) is 2. The van der Waals surface area contributed by atoms with Gasteiger partial charge in [-0.3, -0.25) is 9.59 Å². The summed E-state index contributed by atoms with van der Waals surface area (Å²) >= 11 is 3.45. The zero-order valence-corrected chi connectivity index (χ0v) is 20.9. The van der Waals surface area contributed by atoms with E-state index in [1.165, 1.54) is 12.0 Å². The number of H-pyrrole nitrogens is 1. The zero-order chi connectivity index (χ0) is 24.4. The van der Waals surface area contributed by atoms with Gasteiger partial charge >= 0.3 is 5.97 Å². The minimum absolute atomic E-state index is 0.00423. The third kappa shape index (κ3) is 4.74. The summed E-state index contributed by atoms with van der Waals surface area (Å²) in [7, 11) is 5.15. The van der Waals surface area contributed by atoms with Crippen LogP contribution in [0, 0.1) is 13.8 Å². The maximum atomic E-state index is 13.2. The van der Waals surface area contributed by atoms with Crippen LogP contribution in [0.3, 0.4) is 0 Å². The molecule has 0 aliphatic carbocycles. The standard InChI is InChI=1S/C24H28BrN3O5/c1-13-17(14(2)26-19(13)24(32)33-5)21(29)18-20(15-8-6-9-16(25)12-15)28(23(31)22(18)30)11-7-10-27(3)4/h6,8-9,12,20,26,29H,7,10-11H2,1-5H3/t20-/m1/s1. The van der Waals surface area contributed by atoms with Crippen LogP contribution in [0.15, 0.2) is 34.3 Å². The predicted octanol–water partition coefficient (Wildman–Crippen LogP) is 3.55. The second kappa shape index (κ2) is 9.93. The number of carbonyl (C=O) groups excluding carboxylic acids is 3. The molecule has 1 saturated heterocycles. The van der Waals surface area contributed by atoms with Gasteiger partial charge in [0.15, 0.2) is 0 Å². The zero-order valence-electron chi connectivity index (χ0n) is 19.4. The van der Waals surface area contributed by atoms with Gasteiger partial charge in [-0.15, -0.1) is 0 Å². The maximum absolute atomic E-state index is 13.2. The molecule has 2 aromatic rings. The molecule has 2 heterocycles. The number of aliphatic hydroxyl groups excluding tert-OH is 1. The van der Waals surface area contributed by atoms with E-state index in [-0.39, 0.29) is 17.0 Å². The lowest BCUT2D eigenvalue weighted by Gasteiger charge is -2.26. The molecular formula is C24H28BrN3O5. The number of benzene rings is 1. The Labute approximate surface area is 201 Å². The van der Waals surface area contributed by atoms with Crippen LogP contribution in [0.2, 0.25) is 0 Å². The maximum Gasteiger partial charge on any atom is 0.354 e. The molecule has 1 aromatic carbocycles. The summed E-state index contributed by atoms with van der Waals surface area (Å²) in [4.78, 5) is 44.8. The average molecular weight is 518 g/mol. The Morgan fingerprint density at radius 3 is 2.58 bits per heavy atom. The molecule has 1 aliphatic rings. The van der Waals surface area contributed by atoms with Crippen LogP contribution in [0.5, 0.6) is 0 Å². The van der Waals surface area contributed by atoms with Crippen molar-refractivity contribution in [2.24, 2.45) is 0 Å². The molecule has 0 bridgehead atoms. The van der Waals surface area contributed by atoms with Crippen molar-refractivity contribution in [3.8, 4) is 0 Å². The Kier molecular flexibility index (Phi) is 7.44. The summed E-state index contributed by atoms with van der Waals surface area (Å²) in [5.74, 6) is -2.29. The van der Waals surface area contributed by atoms with E-state index < -0.39 is 23.7 Å². The van der Waals surface area contributed by atoms with Crippen LogP contribution in [0.25, 0.3) is 5.76 Å². The largest absolute Gasteiger partial charge is 0.507 e. The molecule has 1 atom stereocenters. The number of hydrogen-bond acceptors (Lipinski definition) is 6. The molecule has 0 unspecified atom stereocenters. The van der Waals surface area contributed by atoms with E-state index in [0.717, 1.165) is 11.0 Å². The fraction of sp³-hybridized carbons (Fsp3) is 0.375. The first-order valence-electron chi connectivity index (χ1n) is 10.5. The van der Waals surface area contributed by atoms with Crippen molar-refractivity contribution >= 4 is 39.3 Å². The molecule has 1 aromatic heterocycles. The van der Waals surface area contributed by atoms with Gasteiger partial charge in [-0.2, -0.15) is 0 Å². The first-order valence-corrected chi connectivity index (χ1v) is 11.3. The SMILES string of the molecule is COC(=O)c1[nH]c(C)c(C(O)=C2C(=O)C(=O)N(CCCN(C)C)[C@@H]2c2cccc(Br)c2)c1C. The van der Waals surface area contributed by atoms with Crippen LogP contribution in [0.1, 0.15) is 45.3 Å². The average Bonchev–Trinajstić information content (AvgIpc) is 3.20. The van der Waals surface area contributed by atoms with Gasteiger partial charge in [-0.05, 0) is 64.2 Å². The second-order valence-corrected chi connectivity index (χ2v) is 9.24. The summed E-state index contributed by atoms with van der Waals surface area (Å²) in [6, 6.07) is 6.58. The van der Waals surface area contributed by atoms with Gasteiger partial charge in [0.25, 0.3) is 11.7 Å². The third-order valence-corrected chi connectivity index (χ3v) is 6.27. The number of likely N-dealkylation sites (tertiary alicyclic amines) is 1. The van der Waals surface area contributed by atoms with E-state index in [1.54, 1.807) is 13.8 Å². The number of aryl methyl sites for hydroxylation is 1. The topological polar surface area (TPSA) is 103 Å². The lowest BCUT2D eigenvalue weighted by molar-refractivity contribution is -0.139. The van der Waals surface area contributed by atoms with Crippen molar-refractivity contribution < 1.29 is 24.2 Å². The number of methoxy groups -OCH3 is 1. The van der Waals surface area contributed by atoms with Crippen LogP contribution < -0.4 is 0 Å². The minimum Gasteiger partial charge on any atom is -0.507 e. The van der Waals surface area contributed by atoms with E-state index in [9.17, 15) is 19.5 Å². The molecule has 9 heteroatoms. The van der Waals surface area contributed by atoms with Gasteiger partial charge in [-0.25, -0.2) is 4.79 Å². The monoisotopic (exact) mass is 517 g/mol. The molecule has 1 amide bonds. The Hall–Kier alpha value is -2.91. The van der Waals surface area contributed by atoms with Crippen molar-refractivity contribution in [1.29, 1.82) is 0 Å². The van der Waals surface area contributed by atoms with Gasteiger partial charge < -0.3 is 24.6 Å². The fourth-order valence-electron chi connectivity index (χ4n) is 4.24. The highest BCUT2D eigenvalue weighted by Crippen LogP contribution is 2.41. The van der Waals surface area contributed by atoms with Gasteiger partial charge in [-0.1, -0.05) is 28.1 Å². The van der Waals surface area contributed by atoms with Crippen molar-refractivity contribution in [3.63, 3.8) is 0 Å². The van der Waals surface area contributed by atoms with Gasteiger partial charge in [0.1, 0.15) is 11.5 Å². The number of ketones is 1. The van der Waals surface area contributed by atoms with E-state index in [2.05, 4.69) is 20.9 Å². The molecule has 33 heavy (non-hydrogen) atoms. The molecule has 176 valence electrons. The Balaban J connectivity index is 2.18. The number of rotatable bonds is 7.